The number of ether oxygens (including phenoxy) is 1. The summed E-state index contributed by atoms with van der Waals surface area (Å²) in [5, 5.41) is 6.23. The number of alkyl halides is 3. The Kier molecular flexibility index (Phi) is 6.68. The fraction of sp³-hybridized carbons (Fsp3) is 0.300. The predicted molar refractivity (Wildman–Crippen MR) is 110 cm³/mol. The van der Waals surface area contributed by atoms with E-state index in [1.165, 1.54) is 14.2 Å². The minimum atomic E-state index is -4.79. The van der Waals surface area contributed by atoms with Crippen molar-refractivity contribution in [1.29, 1.82) is 0 Å². The number of fused-ring (bicyclic) bond motifs is 1. The molecule has 0 bridgehead atoms. The van der Waals surface area contributed by atoms with Crippen molar-refractivity contribution in [3.63, 3.8) is 0 Å². The molecule has 0 saturated carbocycles. The van der Waals surface area contributed by atoms with Crippen LogP contribution in [0.1, 0.15) is 23.0 Å². The Morgan fingerprint density at radius 3 is 2.61 bits per heavy atom. The number of aryl methyl sites for hydroxylation is 1. The van der Waals surface area contributed by atoms with Gasteiger partial charge in [-0.25, -0.2) is 5.06 Å². The molecule has 31 heavy (non-hydrogen) atoms. The lowest BCUT2D eigenvalue weighted by atomic mass is 10.1. The van der Waals surface area contributed by atoms with E-state index in [4.69, 9.17) is 32.8 Å². The number of halogens is 5. The first-order valence-corrected chi connectivity index (χ1v) is 9.78. The van der Waals surface area contributed by atoms with Gasteiger partial charge in [0.05, 0.1) is 28.8 Å². The summed E-state index contributed by atoms with van der Waals surface area (Å²) in [6.07, 6.45) is -3.81. The Labute approximate surface area is 186 Å². The fourth-order valence-electron chi connectivity index (χ4n) is 3.09. The highest BCUT2D eigenvalue weighted by Gasteiger charge is 2.40. The second-order valence-electron chi connectivity index (χ2n) is 6.76. The second-order valence-corrected chi connectivity index (χ2v) is 7.54. The average molecular weight is 476 g/mol. The number of rotatable bonds is 6. The van der Waals surface area contributed by atoms with E-state index in [9.17, 15) is 18.0 Å². The van der Waals surface area contributed by atoms with Crippen molar-refractivity contribution < 1.29 is 27.5 Å². The molecule has 0 aliphatic carbocycles. The number of hydroxylamine groups is 2. The first-order chi connectivity index (χ1) is 14.5. The molecule has 0 spiro atoms. The van der Waals surface area contributed by atoms with Gasteiger partial charge in [0.25, 0.3) is 5.91 Å². The highest BCUT2D eigenvalue weighted by Crippen LogP contribution is 2.39. The molecule has 0 fully saturated rings. The van der Waals surface area contributed by atoms with Crippen LogP contribution in [0.5, 0.6) is 5.75 Å². The van der Waals surface area contributed by atoms with Gasteiger partial charge >= 0.3 is 6.18 Å². The molecule has 0 aliphatic heterocycles. The van der Waals surface area contributed by atoms with E-state index >= 15 is 0 Å². The lowest BCUT2D eigenvalue weighted by molar-refractivity contribution is -0.144. The minimum Gasteiger partial charge on any atom is -0.488 e. The van der Waals surface area contributed by atoms with E-state index in [-0.39, 0.29) is 22.4 Å². The van der Waals surface area contributed by atoms with Gasteiger partial charge in [0.1, 0.15) is 6.61 Å². The summed E-state index contributed by atoms with van der Waals surface area (Å²) in [7, 11) is 2.47. The number of benzene rings is 2. The molecule has 0 N–H and O–H groups in total. The summed E-state index contributed by atoms with van der Waals surface area (Å²) in [4.78, 5) is 17.8. The summed E-state index contributed by atoms with van der Waals surface area (Å²) in [6.45, 7) is 1.41. The smallest absolute Gasteiger partial charge is 0.435 e. The summed E-state index contributed by atoms with van der Waals surface area (Å²) in [5.74, 6) is -0.801. The number of carbonyl (C=O) groups excluding carboxylic acids is 1. The fourth-order valence-corrected chi connectivity index (χ4v) is 3.74. The molecule has 0 saturated heterocycles. The van der Waals surface area contributed by atoms with Crippen LogP contribution in [-0.4, -0.2) is 40.5 Å². The Hall–Kier alpha value is -2.49. The van der Waals surface area contributed by atoms with Crippen molar-refractivity contribution in [1.82, 2.24) is 14.8 Å². The van der Waals surface area contributed by atoms with Crippen molar-refractivity contribution in [2.45, 2.75) is 19.1 Å². The monoisotopic (exact) mass is 475 g/mol. The van der Waals surface area contributed by atoms with E-state index in [0.29, 0.717) is 0 Å². The van der Waals surface area contributed by atoms with Gasteiger partial charge in [0.2, 0.25) is 0 Å². The Morgan fingerprint density at radius 1 is 1.29 bits per heavy atom. The lowest BCUT2D eigenvalue weighted by Crippen LogP contribution is -2.41. The normalized spacial score (nSPS) is 12.8. The minimum absolute atomic E-state index is 0.140. The molecule has 0 aliphatic rings. The molecule has 2 aromatic carbocycles. The predicted octanol–water partition coefficient (Wildman–Crippen LogP) is 5.37. The quantitative estimate of drug-likeness (QED) is 0.449. The van der Waals surface area contributed by atoms with Crippen LogP contribution >= 0.6 is 23.2 Å². The first-order valence-electron chi connectivity index (χ1n) is 9.02. The van der Waals surface area contributed by atoms with E-state index in [2.05, 4.69) is 5.10 Å². The molecule has 1 unspecified atom stereocenters. The van der Waals surface area contributed by atoms with Crippen LogP contribution in [0.2, 0.25) is 10.0 Å². The van der Waals surface area contributed by atoms with Crippen LogP contribution in [-0.2, 0) is 18.1 Å². The Morgan fingerprint density at radius 2 is 1.97 bits per heavy atom. The molecular weight excluding hydrogens is 458 g/mol. The number of hydrogen-bond donors (Lipinski definition) is 0. The van der Waals surface area contributed by atoms with Gasteiger partial charge in [0, 0.05) is 18.6 Å². The zero-order valence-corrected chi connectivity index (χ0v) is 18.2. The number of nitrogens with zero attached hydrogens (tertiary/aromatic N) is 3. The van der Waals surface area contributed by atoms with E-state index in [0.717, 1.165) is 26.7 Å². The van der Waals surface area contributed by atoms with Crippen molar-refractivity contribution in [3.8, 4) is 5.75 Å². The van der Waals surface area contributed by atoms with Gasteiger partial charge in [-0.1, -0.05) is 47.5 Å². The SMILES string of the molecule is CON(C(=O)c1cn(C)nc1C(F)(F)F)C(C)COc1c(Cl)cc2ccccc2c1Cl. The number of hydrogen-bond acceptors (Lipinski definition) is 4. The summed E-state index contributed by atoms with van der Waals surface area (Å²) in [6, 6.07) is 8.21. The molecule has 1 heterocycles. The summed E-state index contributed by atoms with van der Waals surface area (Å²) < 4.78 is 46.3. The largest absolute Gasteiger partial charge is 0.488 e. The third-order valence-electron chi connectivity index (χ3n) is 4.49. The molecular formula is C20H18Cl2F3N3O3. The molecule has 3 rings (SSSR count). The van der Waals surface area contributed by atoms with Crippen LogP contribution in [0.25, 0.3) is 10.8 Å². The summed E-state index contributed by atoms with van der Waals surface area (Å²) >= 11 is 12.7. The Balaban J connectivity index is 1.82. The second kappa shape index (κ2) is 8.94. The molecule has 3 aromatic rings. The third kappa shape index (κ3) is 4.73. The standard InChI is InChI=1S/C20H18Cl2F3N3O3/c1-11(10-31-17-15(21)8-12-6-4-5-7-13(12)16(17)22)28(30-3)19(29)14-9-27(2)26-18(14)20(23,24)25/h4-9,11H,10H2,1-3H3. The number of carbonyl (C=O) groups is 1. The van der Waals surface area contributed by atoms with Gasteiger partial charge in [-0.05, 0) is 18.4 Å². The topological polar surface area (TPSA) is 56.6 Å². The molecule has 11 heteroatoms. The highest BCUT2D eigenvalue weighted by atomic mass is 35.5. The van der Waals surface area contributed by atoms with Gasteiger partial charge in [-0.2, -0.15) is 18.3 Å². The molecule has 1 amide bonds. The van der Waals surface area contributed by atoms with E-state index < -0.39 is 29.4 Å². The lowest BCUT2D eigenvalue weighted by Gasteiger charge is -2.27. The zero-order chi connectivity index (χ0) is 22.9. The van der Waals surface area contributed by atoms with Gasteiger partial charge < -0.3 is 4.74 Å². The third-order valence-corrected chi connectivity index (χ3v) is 5.15. The number of amides is 1. The first kappa shape index (κ1) is 23.2. The maximum Gasteiger partial charge on any atom is 0.435 e. The maximum absolute atomic E-state index is 13.2. The van der Waals surface area contributed by atoms with Crippen molar-refractivity contribution in [2.24, 2.45) is 7.05 Å². The van der Waals surface area contributed by atoms with Crippen LogP contribution in [0, 0.1) is 0 Å². The maximum atomic E-state index is 13.2. The van der Waals surface area contributed by atoms with Crippen LogP contribution in [0.4, 0.5) is 13.2 Å². The van der Waals surface area contributed by atoms with E-state index in [1.807, 2.05) is 18.2 Å². The zero-order valence-electron chi connectivity index (χ0n) is 16.7. The van der Waals surface area contributed by atoms with Gasteiger partial charge in [-0.3, -0.25) is 14.3 Å². The molecule has 1 aromatic heterocycles. The van der Waals surface area contributed by atoms with Crippen LogP contribution in [0.15, 0.2) is 36.5 Å². The summed E-state index contributed by atoms with van der Waals surface area (Å²) in [5.41, 5.74) is -1.93. The van der Waals surface area contributed by atoms with Crippen LogP contribution in [0.3, 0.4) is 0 Å². The van der Waals surface area contributed by atoms with Crippen molar-refractivity contribution in [2.75, 3.05) is 13.7 Å². The van der Waals surface area contributed by atoms with Gasteiger partial charge in [-0.15, -0.1) is 0 Å². The van der Waals surface area contributed by atoms with Crippen LogP contribution < -0.4 is 4.74 Å². The molecule has 166 valence electrons. The number of aromatic nitrogens is 2. The Bertz CT molecular complexity index is 1120. The highest BCUT2D eigenvalue weighted by molar-refractivity contribution is 6.41. The molecule has 1 atom stereocenters. The van der Waals surface area contributed by atoms with Gasteiger partial charge in [0.15, 0.2) is 11.4 Å². The van der Waals surface area contributed by atoms with Crippen molar-refractivity contribution >= 4 is 39.9 Å². The molecule has 0 radical (unpaired) electrons. The molecule has 6 nitrogen and oxygen atoms in total. The van der Waals surface area contributed by atoms with Crippen molar-refractivity contribution in [3.05, 3.63) is 57.8 Å². The average Bonchev–Trinajstić information content (AvgIpc) is 3.10. The van der Waals surface area contributed by atoms with E-state index in [1.54, 1.807) is 19.1 Å².